The summed E-state index contributed by atoms with van der Waals surface area (Å²) in [6, 6.07) is 12.4. The van der Waals surface area contributed by atoms with Crippen LogP contribution in [0.5, 0.6) is 11.5 Å². The van der Waals surface area contributed by atoms with E-state index in [1.807, 2.05) is 19.1 Å². The molecule has 1 aliphatic heterocycles. The molecule has 150 valence electrons. The number of imide groups is 1. The Morgan fingerprint density at radius 1 is 1.14 bits per heavy atom. The van der Waals surface area contributed by atoms with Crippen LogP contribution in [0.25, 0.3) is 6.08 Å². The molecule has 0 unspecified atom stereocenters. The molecule has 0 aliphatic carbocycles. The molecule has 29 heavy (non-hydrogen) atoms. The van der Waals surface area contributed by atoms with E-state index in [9.17, 15) is 14.4 Å². The van der Waals surface area contributed by atoms with Gasteiger partial charge in [-0.1, -0.05) is 18.2 Å². The SMILES string of the molecule is COc1ccc(OC)c(/C=C2/SC(=O)N(CC(=O)Nc3ccccc3C)C2=O)c1. The molecule has 0 atom stereocenters. The molecule has 8 heteroatoms. The van der Waals surface area contributed by atoms with E-state index in [1.165, 1.54) is 14.2 Å². The lowest BCUT2D eigenvalue weighted by Gasteiger charge is -2.13. The molecule has 1 aliphatic rings. The standard InChI is InChI=1S/C21H20N2O5S/c1-13-6-4-5-7-16(13)22-19(24)12-23-20(25)18(29-21(23)26)11-14-10-15(27-2)8-9-17(14)28-3/h4-11H,12H2,1-3H3,(H,22,24)/b18-11+. The molecule has 2 aromatic rings. The summed E-state index contributed by atoms with van der Waals surface area (Å²) < 4.78 is 10.5. The molecule has 2 aromatic carbocycles. The monoisotopic (exact) mass is 412 g/mol. The van der Waals surface area contributed by atoms with Crippen LogP contribution in [0.15, 0.2) is 47.4 Å². The number of nitrogens with zero attached hydrogens (tertiary/aromatic N) is 1. The van der Waals surface area contributed by atoms with E-state index in [0.29, 0.717) is 22.7 Å². The number of hydrogen-bond donors (Lipinski definition) is 1. The van der Waals surface area contributed by atoms with Crippen molar-refractivity contribution in [2.24, 2.45) is 0 Å². The first-order valence-corrected chi connectivity index (χ1v) is 9.57. The van der Waals surface area contributed by atoms with Crippen molar-refractivity contribution in [1.82, 2.24) is 4.90 Å². The number of ether oxygens (including phenoxy) is 2. The van der Waals surface area contributed by atoms with E-state index in [-0.39, 0.29) is 11.4 Å². The number of anilines is 1. The zero-order valence-corrected chi connectivity index (χ0v) is 17.0. The van der Waals surface area contributed by atoms with Crippen molar-refractivity contribution in [3.05, 3.63) is 58.5 Å². The number of benzene rings is 2. The predicted molar refractivity (Wildman–Crippen MR) is 112 cm³/mol. The van der Waals surface area contributed by atoms with Crippen LogP contribution >= 0.6 is 11.8 Å². The number of rotatable bonds is 6. The molecular formula is C21H20N2O5S. The van der Waals surface area contributed by atoms with Crippen molar-refractivity contribution in [2.75, 3.05) is 26.1 Å². The lowest BCUT2D eigenvalue weighted by molar-refractivity contribution is -0.127. The summed E-state index contributed by atoms with van der Waals surface area (Å²) in [6.45, 7) is 1.51. The summed E-state index contributed by atoms with van der Waals surface area (Å²) in [5, 5.41) is 2.23. The van der Waals surface area contributed by atoms with Gasteiger partial charge in [0.05, 0.1) is 19.1 Å². The third kappa shape index (κ3) is 4.60. The van der Waals surface area contributed by atoms with Gasteiger partial charge in [-0.3, -0.25) is 19.3 Å². The molecule has 0 radical (unpaired) electrons. The molecule has 1 saturated heterocycles. The molecular weight excluding hydrogens is 392 g/mol. The van der Waals surface area contributed by atoms with Gasteiger partial charge in [0.1, 0.15) is 18.0 Å². The maximum atomic E-state index is 12.7. The number of carbonyl (C=O) groups is 3. The third-order valence-electron chi connectivity index (χ3n) is 4.32. The first kappa shape index (κ1) is 20.5. The smallest absolute Gasteiger partial charge is 0.294 e. The Labute approximate surface area is 172 Å². The highest BCUT2D eigenvalue weighted by Crippen LogP contribution is 2.35. The molecule has 0 saturated carbocycles. The van der Waals surface area contributed by atoms with E-state index in [0.717, 1.165) is 22.2 Å². The summed E-state index contributed by atoms with van der Waals surface area (Å²) in [6.07, 6.45) is 1.56. The van der Waals surface area contributed by atoms with Crippen molar-refractivity contribution in [3.63, 3.8) is 0 Å². The van der Waals surface area contributed by atoms with E-state index >= 15 is 0 Å². The zero-order chi connectivity index (χ0) is 21.0. The number of nitrogens with one attached hydrogen (secondary N) is 1. The fourth-order valence-corrected chi connectivity index (χ4v) is 3.61. The summed E-state index contributed by atoms with van der Waals surface area (Å²) in [5.41, 5.74) is 2.13. The molecule has 7 nitrogen and oxygen atoms in total. The Bertz CT molecular complexity index is 1000. The Morgan fingerprint density at radius 2 is 1.90 bits per heavy atom. The number of carbonyl (C=O) groups excluding carboxylic acids is 3. The Balaban J connectivity index is 1.77. The van der Waals surface area contributed by atoms with Crippen LogP contribution in [0, 0.1) is 6.92 Å². The minimum absolute atomic E-state index is 0.213. The second-order valence-electron chi connectivity index (χ2n) is 6.24. The van der Waals surface area contributed by atoms with Crippen molar-refractivity contribution in [2.45, 2.75) is 6.92 Å². The van der Waals surface area contributed by atoms with Gasteiger partial charge >= 0.3 is 0 Å². The molecule has 1 fully saturated rings. The van der Waals surface area contributed by atoms with Crippen molar-refractivity contribution >= 4 is 40.6 Å². The van der Waals surface area contributed by atoms with Gasteiger partial charge in [0.2, 0.25) is 5.91 Å². The normalized spacial score (nSPS) is 15.0. The number of thioether (sulfide) groups is 1. The number of aryl methyl sites for hydroxylation is 1. The van der Waals surface area contributed by atoms with E-state index in [2.05, 4.69) is 5.32 Å². The second-order valence-corrected chi connectivity index (χ2v) is 7.23. The predicted octanol–water partition coefficient (Wildman–Crippen LogP) is 3.69. The van der Waals surface area contributed by atoms with Gasteiger partial charge in [-0.15, -0.1) is 0 Å². The lowest BCUT2D eigenvalue weighted by atomic mass is 10.1. The molecule has 3 rings (SSSR count). The van der Waals surface area contributed by atoms with Crippen molar-refractivity contribution < 1.29 is 23.9 Å². The van der Waals surface area contributed by atoms with Gasteiger partial charge in [0.25, 0.3) is 11.1 Å². The summed E-state index contributed by atoms with van der Waals surface area (Å²) in [4.78, 5) is 38.5. The molecule has 3 amide bonds. The summed E-state index contributed by atoms with van der Waals surface area (Å²) >= 11 is 0.783. The summed E-state index contributed by atoms with van der Waals surface area (Å²) in [5.74, 6) is 0.162. The highest BCUT2D eigenvalue weighted by Gasteiger charge is 2.36. The van der Waals surface area contributed by atoms with Crippen LogP contribution < -0.4 is 14.8 Å². The first-order valence-electron chi connectivity index (χ1n) is 8.76. The topological polar surface area (TPSA) is 84.9 Å². The van der Waals surface area contributed by atoms with Gasteiger partial charge in [-0.2, -0.15) is 0 Å². The van der Waals surface area contributed by atoms with Gasteiger partial charge in [0.15, 0.2) is 0 Å². The maximum Gasteiger partial charge on any atom is 0.294 e. The van der Waals surface area contributed by atoms with E-state index in [4.69, 9.17) is 9.47 Å². The molecule has 1 N–H and O–H groups in total. The fourth-order valence-electron chi connectivity index (χ4n) is 2.78. The molecule has 1 heterocycles. The van der Waals surface area contributed by atoms with E-state index < -0.39 is 17.1 Å². The minimum Gasteiger partial charge on any atom is -0.497 e. The fraction of sp³-hybridized carbons (Fsp3) is 0.190. The average Bonchev–Trinajstić information content (AvgIpc) is 2.97. The molecule has 0 aromatic heterocycles. The van der Waals surface area contributed by atoms with Crippen LogP contribution in [0.2, 0.25) is 0 Å². The number of methoxy groups -OCH3 is 2. The van der Waals surface area contributed by atoms with E-state index in [1.54, 1.807) is 36.4 Å². The Morgan fingerprint density at radius 3 is 2.59 bits per heavy atom. The highest BCUT2D eigenvalue weighted by molar-refractivity contribution is 8.18. The van der Waals surface area contributed by atoms with Crippen LogP contribution in [0.3, 0.4) is 0 Å². The van der Waals surface area contributed by atoms with Crippen LogP contribution in [0.1, 0.15) is 11.1 Å². The third-order valence-corrected chi connectivity index (χ3v) is 5.23. The average molecular weight is 412 g/mol. The van der Waals surface area contributed by atoms with Crippen molar-refractivity contribution in [1.29, 1.82) is 0 Å². The lowest BCUT2D eigenvalue weighted by Crippen LogP contribution is -2.36. The number of hydrogen-bond acceptors (Lipinski definition) is 6. The molecule has 0 bridgehead atoms. The van der Waals surface area contributed by atoms with Crippen LogP contribution in [-0.4, -0.2) is 42.7 Å². The van der Waals surface area contributed by atoms with Gasteiger partial charge in [-0.25, -0.2) is 0 Å². The Kier molecular flexibility index (Phi) is 6.23. The number of amides is 3. The summed E-state index contributed by atoms with van der Waals surface area (Å²) in [7, 11) is 3.05. The van der Waals surface area contributed by atoms with Gasteiger partial charge in [0, 0.05) is 11.3 Å². The number of para-hydroxylation sites is 1. The van der Waals surface area contributed by atoms with Gasteiger partial charge in [-0.05, 0) is 54.6 Å². The minimum atomic E-state index is -0.523. The Hall–Kier alpha value is -3.26. The largest absolute Gasteiger partial charge is 0.497 e. The highest BCUT2D eigenvalue weighted by atomic mass is 32.2. The first-order chi connectivity index (χ1) is 13.9. The maximum absolute atomic E-state index is 12.7. The molecule has 0 spiro atoms. The zero-order valence-electron chi connectivity index (χ0n) is 16.2. The quantitative estimate of drug-likeness (QED) is 0.729. The van der Waals surface area contributed by atoms with Crippen molar-refractivity contribution in [3.8, 4) is 11.5 Å². The van der Waals surface area contributed by atoms with Crippen LogP contribution in [0.4, 0.5) is 10.5 Å². The van der Waals surface area contributed by atoms with Gasteiger partial charge < -0.3 is 14.8 Å². The second kappa shape index (κ2) is 8.83. The van der Waals surface area contributed by atoms with Crippen LogP contribution in [-0.2, 0) is 9.59 Å².